The van der Waals surface area contributed by atoms with Crippen LogP contribution in [0.2, 0.25) is 0 Å². The first kappa shape index (κ1) is 20.3. The summed E-state index contributed by atoms with van der Waals surface area (Å²) in [5.41, 5.74) is 0.711. The Hall–Kier alpha value is -2.41. The van der Waals surface area contributed by atoms with Gasteiger partial charge in [-0.25, -0.2) is 4.79 Å². The van der Waals surface area contributed by atoms with Gasteiger partial charge < -0.3 is 15.5 Å². The van der Waals surface area contributed by atoms with Crippen LogP contribution in [0.15, 0.2) is 24.3 Å². The SMILES string of the molecule is CC(C)(C)c1ccc(C2(C)NC(=O)N(CC(=O)N3CCCNCC3)C2=O)cc1. The minimum absolute atomic E-state index is 0.00281. The van der Waals surface area contributed by atoms with Gasteiger partial charge in [-0.3, -0.25) is 14.5 Å². The number of carbonyl (C=O) groups is 3. The predicted octanol–water partition coefficient (Wildman–Crippen LogP) is 1.57. The van der Waals surface area contributed by atoms with Crippen molar-refractivity contribution in [1.29, 1.82) is 0 Å². The minimum Gasteiger partial charge on any atom is -0.340 e. The third-order valence-corrected chi connectivity index (χ3v) is 5.59. The van der Waals surface area contributed by atoms with Gasteiger partial charge in [0.05, 0.1) is 0 Å². The Balaban J connectivity index is 1.75. The number of carbonyl (C=O) groups excluding carboxylic acids is 3. The van der Waals surface area contributed by atoms with Crippen LogP contribution in [-0.4, -0.2) is 60.4 Å². The van der Waals surface area contributed by atoms with E-state index in [2.05, 4.69) is 31.4 Å². The molecule has 0 spiro atoms. The molecule has 0 radical (unpaired) electrons. The van der Waals surface area contributed by atoms with Crippen LogP contribution in [0.25, 0.3) is 0 Å². The molecule has 3 rings (SSSR count). The molecule has 1 aromatic rings. The highest BCUT2D eigenvalue weighted by atomic mass is 16.2. The summed E-state index contributed by atoms with van der Waals surface area (Å²) >= 11 is 0. The largest absolute Gasteiger partial charge is 0.340 e. The Kier molecular flexibility index (Phi) is 5.48. The molecule has 2 saturated heterocycles. The lowest BCUT2D eigenvalue weighted by Gasteiger charge is -2.25. The number of nitrogens with zero attached hydrogens (tertiary/aromatic N) is 2. The zero-order valence-corrected chi connectivity index (χ0v) is 17.2. The van der Waals surface area contributed by atoms with E-state index in [-0.39, 0.29) is 23.8 Å². The normalized spacial score (nSPS) is 23.6. The van der Waals surface area contributed by atoms with Crippen molar-refractivity contribution in [3.05, 3.63) is 35.4 Å². The number of hydrogen-bond acceptors (Lipinski definition) is 4. The van der Waals surface area contributed by atoms with Crippen molar-refractivity contribution >= 4 is 17.8 Å². The first-order chi connectivity index (χ1) is 13.1. The minimum atomic E-state index is -1.16. The molecular weight excluding hydrogens is 356 g/mol. The first-order valence-corrected chi connectivity index (χ1v) is 9.86. The standard InChI is InChI=1S/C21H30N4O3/c1-20(2,3)15-6-8-16(9-7-15)21(4)18(27)25(19(28)23-21)14-17(26)24-12-5-10-22-11-13-24/h6-9,22H,5,10-14H2,1-4H3,(H,23,28). The maximum Gasteiger partial charge on any atom is 0.325 e. The quantitative estimate of drug-likeness (QED) is 0.773. The second kappa shape index (κ2) is 7.54. The lowest BCUT2D eigenvalue weighted by molar-refractivity contribution is -0.138. The molecule has 2 aliphatic heterocycles. The molecule has 2 heterocycles. The number of amides is 4. The molecule has 28 heavy (non-hydrogen) atoms. The summed E-state index contributed by atoms with van der Waals surface area (Å²) in [6, 6.07) is 7.21. The van der Waals surface area contributed by atoms with E-state index in [9.17, 15) is 14.4 Å². The molecule has 4 amide bonds. The van der Waals surface area contributed by atoms with Crippen LogP contribution in [-0.2, 0) is 20.5 Å². The third kappa shape index (κ3) is 3.90. The van der Waals surface area contributed by atoms with Crippen molar-refractivity contribution < 1.29 is 14.4 Å². The van der Waals surface area contributed by atoms with Crippen LogP contribution >= 0.6 is 0 Å². The molecule has 1 unspecified atom stereocenters. The zero-order valence-electron chi connectivity index (χ0n) is 17.2. The molecular formula is C21H30N4O3. The predicted molar refractivity (Wildman–Crippen MR) is 107 cm³/mol. The highest BCUT2D eigenvalue weighted by molar-refractivity contribution is 6.09. The molecule has 0 aromatic heterocycles. The molecule has 7 heteroatoms. The molecule has 0 saturated carbocycles. The van der Waals surface area contributed by atoms with Gasteiger partial charge in [0.15, 0.2) is 0 Å². The average Bonchev–Trinajstić information content (AvgIpc) is 2.85. The maximum absolute atomic E-state index is 13.1. The van der Waals surface area contributed by atoms with Crippen molar-refractivity contribution in [2.24, 2.45) is 0 Å². The number of imide groups is 1. The smallest absolute Gasteiger partial charge is 0.325 e. The number of nitrogens with one attached hydrogen (secondary N) is 2. The van der Waals surface area contributed by atoms with Crippen LogP contribution in [0, 0.1) is 0 Å². The summed E-state index contributed by atoms with van der Waals surface area (Å²) in [5, 5.41) is 6.02. The Morgan fingerprint density at radius 1 is 1.11 bits per heavy atom. The van der Waals surface area contributed by atoms with Crippen LogP contribution < -0.4 is 10.6 Å². The molecule has 1 atom stereocenters. The van der Waals surface area contributed by atoms with Crippen LogP contribution in [0.4, 0.5) is 4.79 Å². The highest BCUT2D eigenvalue weighted by Crippen LogP contribution is 2.31. The van der Waals surface area contributed by atoms with Crippen molar-refractivity contribution in [3.8, 4) is 0 Å². The molecule has 152 valence electrons. The summed E-state index contributed by atoms with van der Waals surface area (Å²) in [6.45, 7) is 10.7. The summed E-state index contributed by atoms with van der Waals surface area (Å²) < 4.78 is 0. The Labute approximate surface area is 166 Å². The van der Waals surface area contributed by atoms with E-state index in [1.165, 1.54) is 0 Å². The number of rotatable bonds is 3. The summed E-state index contributed by atoms with van der Waals surface area (Å²) in [5.74, 6) is -0.582. The third-order valence-electron chi connectivity index (χ3n) is 5.59. The summed E-state index contributed by atoms with van der Waals surface area (Å²) in [7, 11) is 0. The van der Waals surface area contributed by atoms with Gasteiger partial charge in [0.1, 0.15) is 12.1 Å². The van der Waals surface area contributed by atoms with Crippen molar-refractivity contribution in [1.82, 2.24) is 20.4 Å². The van der Waals surface area contributed by atoms with Crippen molar-refractivity contribution in [3.63, 3.8) is 0 Å². The fourth-order valence-corrected chi connectivity index (χ4v) is 3.67. The van der Waals surface area contributed by atoms with Gasteiger partial charge in [-0.15, -0.1) is 0 Å². The molecule has 2 fully saturated rings. The van der Waals surface area contributed by atoms with Crippen LogP contribution in [0.3, 0.4) is 0 Å². The van der Waals surface area contributed by atoms with Crippen molar-refractivity contribution in [2.45, 2.75) is 45.1 Å². The molecule has 1 aromatic carbocycles. The first-order valence-electron chi connectivity index (χ1n) is 9.86. The van der Waals surface area contributed by atoms with Gasteiger partial charge in [0, 0.05) is 19.6 Å². The average molecular weight is 386 g/mol. The summed E-state index contributed by atoms with van der Waals surface area (Å²) in [6.07, 6.45) is 0.865. The van der Waals surface area contributed by atoms with Crippen LogP contribution in [0.1, 0.15) is 45.2 Å². The Morgan fingerprint density at radius 2 is 1.79 bits per heavy atom. The van der Waals surface area contributed by atoms with Gasteiger partial charge in [-0.2, -0.15) is 0 Å². The zero-order chi connectivity index (χ0) is 20.5. The van der Waals surface area contributed by atoms with Crippen molar-refractivity contribution in [2.75, 3.05) is 32.7 Å². The lowest BCUT2D eigenvalue weighted by Crippen LogP contribution is -2.45. The molecule has 0 bridgehead atoms. The molecule has 0 aliphatic carbocycles. The summed E-state index contributed by atoms with van der Waals surface area (Å²) in [4.78, 5) is 40.9. The van der Waals surface area contributed by atoms with E-state index in [4.69, 9.17) is 0 Å². The van der Waals surface area contributed by atoms with E-state index in [0.717, 1.165) is 30.0 Å². The fraction of sp³-hybridized carbons (Fsp3) is 0.571. The topological polar surface area (TPSA) is 81.8 Å². The second-order valence-electron chi connectivity index (χ2n) is 8.76. The van der Waals surface area contributed by atoms with Gasteiger partial charge in [-0.05, 0) is 36.4 Å². The molecule has 2 aliphatic rings. The monoisotopic (exact) mass is 386 g/mol. The van der Waals surface area contributed by atoms with E-state index in [1.807, 2.05) is 24.3 Å². The maximum atomic E-state index is 13.1. The number of benzene rings is 1. The van der Waals surface area contributed by atoms with Crippen LogP contribution in [0.5, 0.6) is 0 Å². The van der Waals surface area contributed by atoms with Gasteiger partial charge >= 0.3 is 6.03 Å². The van der Waals surface area contributed by atoms with Gasteiger partial charge in [-0.1, -0.05) is 45.0 Å². The fourth-order valence-electron chi connectivity index (χ4n) is 3.67. The second-order valence-corrected chi connectivity index (χ2v) is 8.76. The van der Waals surface area contributed by atoms with Gasteiger partial charge in [0.2, 0.25) is 5.91 Å². The van der Waals surface area contributed by atoms with E-state index in [1.54, 1.807) is 11.8 Å². The molecule has 7 nitrogen and oxygen atoms in total. The molecule has 2 N–H and O–H groups in total. The van der Waals surface area contributed by atoms with E-state index in [0.29, 0.717) is 18.7 Å². The Morgan fingerprint density at radius 3 is 2.43 bits per heavy atom. The highest BCUT2D eigenvalue weighted by Gasteiger charge is 2.49. The Bertz CT molecular complexity index is 761. The van der Waals surface area contributed by atoms with E-state index >= 15 is 0 Å². The van der Waals surface area contributed by atoms with Gasteiger partial charge in [0.25, 0.3) is 5.91 Å². The number of hydrogen-bond donors (Lipinski definition) is 2. The number of urea groups is 1. The lowest BCUT2D eigenvalue weighted by atomic mass is 9.84. The van der Waals surface area contributed by atoms with E-state index < -0.39 is 11.6 Å².